The van der Waals surface area contributed by atoms with Crippen molar-refractivity contribution in [3.8, 4) is 0 Å². The van der Waals surface area contributed by atoms with Crippen molar-refractivity contribution in [2.24, 2.45) is 0 Å². The standard InChI is InChI=1S/C10H11ClN2O2/c1-15-9(14)4-2-3-7-8(12)5-6-13-10(7)11/h2-3,5-6H,4H2,1H3,(H2,12,13). The molecule has 2 N–H and O–H groups in total. The molecule has 1 aromatic rings. The molecule has 80 valence electrons. The summed E-state index contributed by atoms with van der Waals surface area (Å²) in [4.78, 5) is 14.7. The molecule has 0 unspecified atom stereocenters. The van der Waals surface area contributed by atoms with Crippen LogP contribution in [-0.2, 0) is 9.53 Å². The molecule has 5 heteroatoms. The first-order chi connectivity index (χ1) is 7.15. The number of esters is 1. The van der Waals surface area contributed by atoms with E-state index in [2.05, 4.69) is 9.72 Å². The zero-order chi connectivity index (χ0) is 11.3. The van der Waals surface area contributed by atoms with Crippen LogP contribution in [0.25, 0.3) is 6.08 Å². The van der Waals surface area contributed by atoms with Crippen LogP contribution in [0.2, 0.25) is 5.15 Å². The number of pyridine rings is 1. The average Bonchev–Trinajstić information content (AvgIpc) is 2.22. The second-order valence-electron chi connectivity index (χ2n) is 2.79. The summed E-state index contributed by atoms with van der Waals surface area (Å²) >= 11 is 5.82. The second-order valence-corrected chi connectivity index (χ2v) is 3.15. The number of methoxy groups -OCH3 is 1. The summed E-state index contributed by atoms with van der Waals surface area (Å²) in [7, 11) is 1.33. The zero-order valence-corrected chi connectivity index (χ0v) is 8.99. The van der Waals surface area contributed by atoms with Gasteiger partial charge < -0.3 is 10.5 Å². The average molecular weight is 227 g/mol. The van der Waals surface area contributed by atoms with Crippen molar-refractivity contribution >= 4 is 29.3 Å². The molecule has 1 aromatic heterocycles. The van der Waals surface area contributed by atoms with Gasteiger partial charge in [-0.2, -0.15) is 0 Å². The van der Waals surface area contributed by atoms with E-state index in [0.717, 1.165) is 0 Å². The Morgan fingerprint density at radius 1 is 1.73 bits per heavy atom. The summed E-state index contributed by atoms with van der Waals surface area (Å²) < 4.78 is 4.48. The van der Waals surface area contributed by atoms with E-state index in [9.17, 15) is 4.79 Å². The van der Waals surface area contributed by atoms with Gasteiger partial charge in [0.05, 0.1) is 13.5 Å². The SMILES string of the molecule is COC(=O)CC=Cc1c(N)ccnc1Cl. The summed E-state index contributed by atoms with van der Waals surface area (Å²) in [5, 5.41) is 0.316. The van der Waals surface area contributed by atoms with Crippen molar-refractivity contribution in [3.63, 3.8) is 0 Å². The minimum atomic E-state index is -0.315. The van der Waals surface area contributed by atoms with E-state index in [1.807, 2.05) is 0 Å². The van der Waals surface area contributed by atoms with Crippen molar-refractivity contribution in [1.29, 1.82) is 0 Å². The Kier molecular flexibility index (Phi) is 4.12. The molecule has 4 nitrogen and oxygen atoms in total. The molecular formula is C10H11ClN2O2. The minimum absolute atomic E-state index is 0.182. The predicted octanol–water partition coefficient (Wildman–Crippen LogP) is 1.89. The Morgan fingerprint density at radius 2 is 2.47 bits per heavy atom. The number of aromatic nitrogens is 1. The molecule has 0 spiro atoms. The largest absolute Gasteiger partial charge is 0.469 e. The van der Waals surface area contributed by atoms with Crippen LogP contribution in [0.1, 0.15) is 12.0 Å². The van der Waals surface area contributed by atoms with Gasteiger partial charge in [-0.1, -0.05) is 23.8 Å². The lowest BCUT2D eigenvalue weighted by atomic mass is 10.2. The van der Waals surface area contributed by atoms with Gasteiger partial charge in [-0.3, -0.25) is 4.79 Å². The molecule has 15 heavy (non-hydrogen) atoms. The Balaban J connectivity index is 2.76. The summed E-state index contributed by atoms with van der Waals surface area (Å²) in [6, 6.07) is 1.64. The molecule has 0 bridgehead atoms. The van der Waals surface area contributed by atoms with E-state index in [-0.39, 0.29) is 12.4 Å². The van der Waals surface area contributed by atoms with Crippen molar-refractivity contribution in [2.45, 2.75) is 6.42 Å². The minimum Gasteiger partial charge on any atom is -0.469 e. The van der Waals surface area contributed by atoms with Gasteiger partial charge >= 0.3 is 5.97 Å². The normalized spacial score (nSPS) is 10.5. The molecule has 1 heterocycles. The lowest BCUT2D eigenvalue weighted by Gasteiger charge is -2.01. The van der Waals surface area contributed by atoms with Crippen LogP contribution >= 0.6 is 11.6 Å². The molecule has 0 saturated heterocycles. The first kappa shape index (κ1) is 11.5. The number of nitrogens with zero attached hydrogens (tertiary/aromatic N) is 1. The molecule has 0 aliphatic carbocycles. The van der Waals surface area contributed by atoms with Gasteiger partial charge in [0.2, 0.25) is 0 Å². The van der Waals surface area contributed by atoms with Gasteiger partial charge in [-0.25, -0.2) is 4.98 Å². The van der Waals surface area contributed by atoms with Gasteiger partial charge in [0.15, 0.2) is 0 Å². The number of nitrogen functional groups attached to an aromatic ring is 1. The lowest BCUT2D eigenvalue weighted by Crippen LogP contribution is -1.97. The molecule has 0 fully saturated rings. The molecular weight excluding hydrogens is 216 g/mol. The maximum Gasteiger partial charge on any atom is 0.309 e. The van der Waals surface area contributed by atoms with Gasteiger partial charge in [-0.05, 0) is 6.07 Å². The summed E-state index contributed by atoms with van der Waals surface area (Å²) in [6.07, 6.45) is 4.99. The van der Waals surface area contributed by atoms with Crippen LogP contribution < -0.4 is 5.73 Å². The lowest BCUT2D eigenvalue weighted by molar-refractivity contribution is -0.139. The number of hydrogen-bond donors (Lipinski definition) is 1. The highest BCUT2D eigenvalue weighted by atomic mass is 35.5. The van der Waals surface area contributed by atoms with Crippen LogP contribution in [0, 0.1) is 0 Å². The predicted molar refractivity (Wildman–Crippen MR) is 59.3 cm³/mol. The Morgan fingerprint density at radius 3 is 3.07 bits per heavy atom. The van der Waals surface area contributed by atoms with Crippen molar-refractivity contribution in [3.05, 3.63) is 29.1 Å². The number of carbonyl (C=O) groups is 1. The monoisotopic (exact) mass is 226 g/mol. The fourth-order valence-corrected chi connectivity index (χ4v) is 1.21. The highest BCUT2D eigenvalue weighted by Gasteiger charge is 2.02. The molecule has 0 amide bonds. The number of anilines is 1. The maximum atomic E-state index is 10.8. The van der Waals surface area contributed by atoms with Crippen molar-refractivity contribution in [1.82, 2.24) is 4.98 Å². The van der Waals surface area contributed by atoms with Crippen molar-refractivity contribution in [2.75, 3.05) is 12.8 Å². The second kappa shape index (κ2) is 5.36. The number of hydrogen-bond acceptors (Lipinski definition) is 4. The molecule has 0 aliphatic rings. The third-order valence-electron chi connectivity index (χ3n) is 1.77. The highest BCUT2D eigenvalue weighted by Crippen LogP contribution is 2.20. The third kappa shape index (κ3) is 3.25. The van der Waals surface area contributed by atoms with E-state index < -0.39 is 0 Å². The molecule has 0 aliphatic heterocycles. The summed E-state index contributed by atoms with van der Waals surface area (Å²) in [5.74, 6) is -0.315. The maximum absolute atomic E-state index is 10.8. The molecule has 0 saturated carbocycles. The third-order valence-corrected chi connectivity index (χ3v) is 2.07. The van der Waals surface area contributed by atoms with Crippen LogP contribution in [0.3, 0.4) is 0 Å². The van der Waals surface area contributed by atoms with Crippen LogP contribution in [0.4, 0.5) is 5.69 Å². The van der Waals surface area contributed by atoms with Crippen LogP contribution in [0.15, 0.2) is 18.3 Å². The summed E-state index contributed by atoms with van der Waals surface area (Å²) in [5.41, 5.74) is 6.82. The first-order valence-electron chi connectivity index (χ1n) is 4.28. The van der Waals surface area contributed by atoms with E-state index in [0.29, 0.717) is 16.4 Å². The Hall–Kier alpha value is -1.55. The topological polar surface area (TPSA) is 65.2 Å². The molecule has 0 atom stereocenters. The zero-order valence-electron chi connectivity index (χ0n) is 8.24. The number of ether oxygens (including phenoxy) is 1. The number of nitrogens with two attached hydrogens (primary N) is 1. The Labute approximate surface area is 92.7 Å². The van der Waals surface area contributed by atoms with Gasteiger partial charge in [0.1, 0.15) is 5.15 Å². The van der Waals surface area contributed by atoms with E-state index in [1.54, 1.807) is 18.2 Å². The number of carbonyl (C=O) groups excluding carboxylic acids is 1. The van der Waals surface area contributed by atoms with E-state index in [4.69, 9.17) is 17.3 Å². The first-order valence-corrected chi connectivity index (χ1v) is 4.66. The highest BCUT2D eigenvalue weighted by molar-refractivity contribution is 6.31. The number of rotatable bonds is 3. The smallest absolute Gasteiger partial charge is 0.309 e. The molecule has 0 aromatic carbocycles. The molecule has 0 radical (unpaired) electrons. The van der Waals surface area contributed by atoms with Crippen molar-refractivity contribution < 1.29 is 9.53 Å². The van der Waals surface area contributed by atoms with E-state index in [1.165, 1.54) is 13.3 Å². The van der Waals surface area contributed by atoms with E-state index >= 15 is 0 Å². The Bertz CT molecular complexity index is 371. The van der Waals surface area contributed by atoms with Crippen LogP contribution in [0.5, 0.6) is 0 Å². The molecule has 1 rings (SSSR count). The quantitative estimate of drug-likeness (QED) is 0.632. The summed E-state index contributed by atoms with van der Waals surface area (Å²) in [6.45, 7) is 0. The van der Waals surface area contributed by atoms with Crippen LogP contribution in [-0.4, -0.2) is 18.1 Å². The van der Waals surface area contributed by atoms with Gasteiger partial charge in [0, 0.05) is 17.4 Å². The van der Waals surface area contributed by atoms with Gasteiger partial charge in [-0.15, -0.1) is 0 Å². The van der Waals surface area contributed by atoms with Gasteiger partial charge in [0.25, 0.3) is 0 Å². The number of halogens is 1. The fourth-order valence-electron chi connectivity index (χ4n) is 0.983. The fraction of sp³-hybridized carbons (Fsp3) is 0.200.